The Kier molecular flexibility index (Phi) is 2.63. The van der Waals surface area contributed by atoms with E-state index in [2.05, 4.69) is 10.3 Å². The molecule has 0 aliphatic heterocycles. The van der Waals surface area contributed by atoms with Gasteiger partial charge in [0.25, 0.3) is 5.91 Å². The number of carbonyl (C=O) groups is 1. The molecule has 3 heteroatoms. The zero-order chi connectivity index (χ0) is 10.7. The van der Waals surface area contributed by atoms with Crippen molar-refractivity contribution in [1.82, 2.24) is 10.3 Å². The molecule has 1 N–H and O–H groups in total. The van der Waals surface area contributed by atoms with Crippen molar-refractivity contribution in [1.29, 1.82) is 0 Å². The number of hydrogen-bond donors (Lipinski definition) is 1. The highest BCUT2D eigenvalue weighted by atomic mass is 16.1. The van der Waals surface area contributed by atoms with Crippen molar-refractivity contribution in [3.8, 4) is 0 Å². The molecule has 0 aliphatic rings. The van der Waals surface area contributed by atoms with Gasteiger partial charge in [0, 0.05) is 11.9 Å². The van der Waals surface area contributed by atoms with Crippen LogP contribution in [0.2, 0.25) is 0 Å². The highest BCUT2D eigenvalue weighted by Gasteiger charge is 2.05. The standard InChI is InChI=1S/C12H12N2O/c1-2-13-12(15)11-8-7-9-5-3-4-6-10(9)14-11/h3-8H,2H2,1H3,(H,13,15). The van der Waals surface area contributed by atoms with Crippen molar-refractivity contribution >= 4 is 16.8 Å². The third kappa shape index (κ3) is 1.96. The lowest BCUT2D eigenvalue weighted by Crippen LogP contribution is -2.23. The Labute approximate surface area is 88.1 Å². The fourth-order valence-corrected chi connectivity index (χ4v) is 1.44. The first-order chi connectivity index (χ1) is 7.31. The van der Waals surface area contributed by atoms with E-state index < -0.39 is 0 Å². The summed E-state index contributed by atoms with van der Waals surface area (Å²) in [6, 6.07) is 11.4. The predicted molar refractivity (Wildman–Crippen MR) is 59.8 cm³/mol. The first-order valence-electron chi connectivity index (χ1n) is 4.95. The van der Waals surface area contributed by atoms with Gasteiger partial charge in [0.1, 0.15) is 5.69 Å². The molecule has 1 aromatic carbocycles. The molecule has 0 saturated heterocycles. The average molecular weight is 200 g/mol. The summed E-state index contributed by atoms with van der Waals surface area (Å²) < 4.78 is 0. The molecule has 76 valence electrons. The van der Waals surface area contributed by atoms with Crippen molar-refractivity contribution in [2.24, 2.45) is 0 Å². The van der Waals surface area contributed by atoms with Gasteiger partial charge in [0.15, 0.2) is 0 Å². The zero-order valence-corrected chi connectivity index (χ0v) is 8.53. The molecule has 1 aromatic heterocycles. The quantitative estimate of drug-likeness (QED) is 0.805. The van der Waals surface area contributed by atoms with Crippen molar-refractivity contribution in [3.05, 3.63) is 42.1 Å². The molecule has 0 radical (unpaired) electrons. The number of amides is 1. The van der Waals surface area contributed by atoms with Gasteiger partial charge in [-0.1, -0.05) is 24.3 Å². The molecule has 2 aromatic rings. The predicted octanol–water partition coefficient (Wildman–Crippen LogP) is 1.98. The van der Waals surface area contributed by atoms with Crippen molar-refractivity contribution in [3.63, 3.8) is 0 Å². The molecule has 2 rings (SSSR count). The third-order valence-corrected chi connectivity index (χ3v) is 2.17. The lowest BCUT2D eigenvalue weighted by atomic mass is 10.2. The Balaban J connectivity index is 2.42. The van der Waals surface area contributed by atoms with Gasteiger partial charge in [-0.15, -0.1) is 0 Å². The number of hydrogen-bond acceptors (Lipinski definition) is 2. The second-order valence-electron chi connectivity index (χ2n) is 3.25. The Morgan fingerprint density at radius 3 is 2.87 bits per heavy atom. The Morgan fingerprint density at radius 2 is 2.07 bits per heavy atom. The molecular formula is C12H12N2O. The maximum atomic E-state index is 11.5. The summed E-state index contributed by atoms with van der Waals surface area (Å²) in [5.74, 6) is -0.122. The number of fused-ring (bicyclic) bond motifs is 1. The van der Waals surface area contributed by atoms with Crippen LogP contribution in [0.3, 0.4) is 0 Å². The summed E-state index contributed by atoms with van der Waals surface area (Å²) >= 11 is 0. The minimum Gasteiger partial charge on any atom is -0.351 e. The highest BCUT2D eigenvalue weighted by molar-refractivity contribution is 5.94. The van der Waals surface area contributed by atoms with Crippen LogP contribution < -0.4 is 5.32 Å². The van der Waals surface area contributed by atoms with E-state index in [0.29, 0.717) is 12.2 Å². The summed E-state index contributed by atoms with van der Waals surface area (Å²) in [6.45, 7) is 2.51. The van der Waals surface area contributed by atoms with Gasteiger partial charge in [0.05, 0.1) is 5.52 Å². The first-order valence-corrected chi connectivity index (χ1v) is 4.95. The molecule has 0 saturated carbocycles. The van der Waals surface area contributed by atoms with Crippen LogP contribution in [-0.4, -0.2) is 17.4 Å². The minimum atomic E-state index is -0.122. The largest absolute Gasteiger partial charge is 0.351 e. The summed E-state index contributed by atoms with van der Waals surface area (Å²) in [5, 5.41) is 3.77. The molecule has 0 spiro atoms. The second kappa shape index (κ2) is 4.09. The average Bonchev–Trinajstić information content (AvgIpc) is 2.29. The Morgan fingerprint density at radius 1 is 1.27 bits per heavy atom. The molecule has 0 aliphatic carbocycles. The second-order valence-corrected chi connectivity index (χ2v) is 3.25. The maximum absolute atomic E-state index is 11.5. The SMILES string of the molecule is CCNC(=O)c1ccc2ccccc2n1. The van der Waals surface area contributed by atoms with Gasteiger partial charge in [0.2, 0.25) is 0 Å². The molecular weight excluding hydrogens is 188 g/mol. The highest BCUT2D eigenvalue weighted by Crippen LogP contribution is 2.11. The summed E-state index contributed by atoms with van der Waals surface area (Å²) in [5.41, 5.74) is 1.32. The van der Waals surface area contributed by atoms with Gasteiger partial charge >= 0.3 is 0 Å². The van der Waals surface area contributed by atoms with E-state index in [0.717, 1.165) is 10.9 Å². The number of nitrogens with zero attached hydrogens (tertiary/aromatic N) is 1. The van der Waals surface area contributed by atoms with Crippen molar-refractivity contribution < 1.29 is 4.79 Å². The van der Waals surface area contributed by atoms with E-state index in [9.17, 15) is 4.79 Å². The van der Waals surface area contributed by atoms with Gasteiger partial charge in [-0.2, -0.15) is 0 Å². The number of nitrogens with one attached hydrogen (secondary N) is 1. The van der Waals surface area contributed by atoms with E-state index in [1.807, 2.05) is 37.3 Å². The van der Waals surface area contributed by atoms with Crippen molar-refractivity contribution in [2.75, 3.05) is 6.54 Å². The lowest BCUT2D eigenvalue weighted by Gasteiger charge is -2.02. The van der Waals surface area contributed by atoms with E-state index in [4.69, 9.17) is 0 Å². The Hall–Kier alpha value is -1.90. The zero-order valence-electron chi connectivity index (χ0n) is 8.53. The number of benzene rings is 1. The van der Waals surface area contributed by atoms with Crippen LogP contribution in [0.15, 0.2) is 36.4 Å². The van der Waals surface area contributed by atoms with Gasteiger partial charge in [-0.25, -0.2) is 4.98 Å². The normalized spacial score (nSPS) is 10.2. The number of rotatable bonds is 2. The number of carbonyl (C=O) groups excluding carboxylic acids is 1. The molecule has 0 bridgehead atoms. The molecule has 0 atom stereocenters. The van der Waals surface area contributed by atoms with Gasteiger partial charge in [-0.05, 0) is 19.1 Å². The third-order valence-electron chi connectivity index (χ3n) is 2.17. The summed E-state index contributed by atoms with van der Waals surface area (Å²) in [6.07, 6.45) is 0. The summed E-state index contributed by atoms with van der Waals surface area (Å²) in [4.78, 5) is 15.8. The fraction of sp³-hybridized carbons (Fsp3) is 0.167. The van der Waals surface area contributed by atoms with Crippen LogP contribution >= 0.6 is 0 Å². The number of pyridine rings is 1. The van der Waals surface area contributed by atoms with Crippen molar-refractivity contribution in [2.45, 2.75) is 6.92 Å². The Bertz CT molecular complexity index is 494. The van der Waals surface area contributed by atoms with E-state index in [-0.39, 0.29) is 5.91 Å². The topological polar surface area (TPSA) is 42.0 Å². The number of aromatic nitrogens is 1. The monoisotopic (exact) mass is 200 g/mol. The molecule has 0 unspecified atom stereocenters. The minimum absolute atomic E-state index is 0.122. The van der Waals surface area contributed by atoms with Crippen LogP contribution in [0.4, 0.5) is 0 Å². The first kappa shape index (κ1) is 9.65. The van der Waals surface area contributed by atoms with Crippen LogP contribution in [0.5, 0.6) is 0 Å². The molecule has 3 nitrogen and oxygen atoms in total. The fourth-order valence-electron chi connectivity index (χ4n) is 1.44. The molecule has 0 fully saturated rings. The summed E-state index contributed by atoms with van der Waals surface area (Å²) in [7, 11) is 0. The molecule has 15 heavy (non-hydrogen) atoms. The van der Waals surface area contributed by atoms with Gasteiger partial charge in [-0.3, -0.25) is 4.79 Å². The van der Waals surface area contributed by atoms with E-state index in [1.54, 1.807) is 6.07 Å². The van der Waals surface area contributed by atoms with E-state index in [1.165, 1.54) is 0 Å². The van der Waals surface area contributed by atoms with E-state index >= 15 is 0 Å². The van der Waals surface area contributed by atoms with Crippen LogP contribution in [-0.2, 0) is 0 Å². The van der Waals surface area contributed by atoms with Crippen LogP contribution in [0, 0.1) is 0 Å². The smallest absolute Gasteiger partial charge is 0.269 e. The van der Waals surface area contributed by atoms with Crippen LogP contribution in [0.1, 0.15) is 17.4 Å². The lowest BCUT2D eigenvalue weighted by molar-refractivity contribution is 0.0951. The molecule has 1 heterocycles. The van der Waals surface area contributed by atoms with Crippen LogP contribution in [0.25, 0.3) is 10.9 Å². The van der Waals surface area contributed by atoms with Gasteiger partial charge < -0.3 is 5.32 Å². The maximum Gasteiger partial charge on any atom is 0.269 e. The molecule has 1 amide bonds. The number of para-hydroxylation sites is 1.